The first-order valence-corrected chi connectivity index (χ1v) is 16.6. The largest absolute Gasteiger partial charge is 0.352 e. The number of rotatable bonds is 7. The van der Waals surface area contributed by atoms with Gasteiger partial charge >= 0.3 is 0 Å². The van der Waals surface area contributed by atoms with Crippen LogP contribution < -0.4 is 15.8 Å². The third-order valence-electron chi connectivity index (χ3n) is 8.80. The number of azo groups is 1. The van der Waals surface area contributed by atoms with Crippen LogP contribution in [0.15, 0.2) is 69.8 Å². The number of aliphatic imine (C=N–C) groups is 1. The van der Waals surface area contributed by atoms with Gasteiger partial charge in [0, 0.05) is 10.7 Å². The summed E-state index contributed by atoms with van der Waals surface area (Å²) in [6.45, 7) is 6.14. The minimum Gasteiger partial charge on any atom is -0.352 e. The van der Waals surface area contributed by atoms with Gasteiger partial charge in [-0.15, -0.1) is 0 Å². The molecular formula is C33H32Cl4N6O3. The minimum atomic E-state index is -1.19. The molecule has 1 aliphatic carbocycles. The molecule has 2 N–H and O–H groups in total. The van der Waals surface area contributed by atoms with Gasteiger partial charge in [0.15, 0.2) is 11.4 Å². The minimum absolute atomic E-state index is 0.124. The lowest BCUT2D eigenvalue weighted by Crippen LogP contribution is -2.40. The number of hydrazine groups is 1. The summed E-state index contributed by atoms with van der Waals surface area (Å²) in [5, 5.41) is 13.7. The first-order chi connectivity index (χ1) is 21.9. The van der Waals surface area contributed by atoms with Crippen LogP contribution in [0.3, 0.4) is 0 Å². The zero-order valence-corrected chi connectivity index (χ0v) is 28.4. The van der Waals surface area contributed by atoms with E-state index in [0.717, 1.165) is 36.3 Å². The fourth-order valence-electron chi connectivity index (χ4n) is 6.43. The Morgan fingerprint density at radius 1 is 1.07 bits per heavy atom. The standard InChI is InChI=1S/C33H32Cl4N6O3/c1-4-33(32(46-33)13-5-6-19(3)17-32)31(45)38-22-11-12-23(35)26(16-22)39-29-27(41-40-21-9-7-18(2)8-10-21)30(44)43(42-29)28-24(36)14-20(34)15-25(28)37/h7-12,14-16,19,27H,4-6,13,17H2,1-3H3,(H,38,45)(H,39,42). The molecule has 2 aliphatic heterocycles. The number of epoxide rings is 1. The number of anilines is 2. The first-order valence-electron chi connectivity index (χ1n) is 15.1. The molecule has 3 aliphatic rings. The van der Waals surface area contributed by atoms with E-state index in [0.29, 0.717) is 39.4 Å². The quantitative estimate of drug-likeness (QED) is 0.189. The van der Waals surface area contributed by atoms with Crippen molar-refractivity contribution >= 4 is 86.8 Å². The smallest absolute Gasteiger partial charge is 0.280 e. The van der Waals surface area contributed by atoms with Gasteiger partial charge in [0.2, 0.25) is 6.04 Å². The van der Waals surface area contributed by atoms with Crippen molar-refractivity contribution in [3.63, 3.8) is 0 Å². The van der Waals surface area contributed by atoms with Gasteiger partial charge in [-0.3, -0.25) is 15.0 Å². The number of aryl methyl sites for hydroxylation is 1. The van der Waals surface area contributed by atoms with E-state index in [-0.39, 0.29) is 27.5 Å². The van der Waals surface area contributed by atoms with E-state index < -0.39 is 23.2 Å². The Morgan fingerprint density at radius 2 is 1.78 bits per heavy atom. The van der Waals surface area contributed by atoms with E-state index in [2.05, 4.69) is 27.9 Å². The Hall–Kier alpha value is -3.21. The summed E-state index contributed by atoms with van der Waals surface area (Å²) < 4.78 is 6.25. The number of nitrogens with zero attached hydrogens (tertiary/aromatic N) is 4. The second-order valence-corrected chi connectivity index (χ2v) is 13.7. The predicted octanol–water partition coefficient (Wildman–Crippen LogP) is 9.41. The second kappa shape index (κ2) is 12.8. The summed E-state index contributed by atoms with van der Waals surface area (Å²) in [6.07, 6.45) is 4.48. The Morgan fingerprint density at radius 3 is 2.46 bits per heavy atom. The van der Waals surface area contributed by atoms with Crippen LogP contribution in [0, 0.1) is 12.8 Å². The van der Waals surface area contributed by atoms with Crippen LogP contribution in [0.25, 0.3) is 0 Å². The van der Waals surface area contributed by atoms with Crippen LogP contribution in [0.1, 0.15) is 51.5 Å². The van der Waals surface area contributed by atoms with E-state index in [4.69, 9.17) is 56.1 Å². The number of carbonyl (C=O) groups is 2. The summed E-state index contributed by atoms with van der Waals surface area (Å²) >= 11 is 25.6. The normalized spacial score (nSPS) is 26.6. The van der Waals surface area contributed by atoms with Gasteiger partial charge in [-0.25, -0.2) is 10.0 Å². The first kappa shape index (κ1) is 32.7. The van der Waals surface area contributed by atoms with E-state index >= 15 is 0 Å². The van der Waals surface area contributed by atoms with E-state index in [1.54, 1.807) is 30.3 Å². The van der Waals surface area contributed by atoms with Crippen molar-refractivity contribution in [3.05, 3.63) is 80.3 Å². The maximum absolute atomic E-state index is 13.8. The molecule has 4 atom stereocenters. The van der Waals surface area contributed by atoms with Gasteiger partial charge in [-0.1, -0.05) is 90.8 Å². The molecule has 0 radical (unpaired) electrons. The number of hydrogen-bond acceptors (Lipinski definition) is 6. The Bertz CT molecular complexity index is 1740. The van der Waals surface area contributed by atoms with E-state index in [1.165, 1.54) is 12.1 Å². The molecule has 9 nitrogen and oxygen atoms in total. The van der Waals surface area contributed by atoms with Crippen LogP contribution in [-0.2, 0) is 14.3 Å². The maximum atomic E-state index is 13.8. The van der Waals surface area contributed by atoms with Gasteiger partial charge in [0.05, 0.1) is 26.4 Å². The maximum Gasteiger partial charge on any atom is 0.280 e. The highest BCUT2D eigenvalue weighted by atomic mass is 35.5. The number of ether oxygens (including phenoxy) is 1. The second-order valence-electron chi connectivity index (χ2n) is 12.1. The lowest BCUT2D eigenvalue weighted by Gasteiger charge is -2.27. The molecule has 2 saturated heterocycles. The number of amidine groups is 1. The summed E-state index contributed by atoms with van der Waals surface area (Å²) in [5.41, 5.74) is 4.27. The molecule has 1 saturated carbocycles. The predicted molar refractivity (Wildman–Crippen MR) is 183 cm³/mol. The molecule has 2 amide bonds. The number of carbonyl (C=O) groups excluding carboxylic acids is 2. The lowest BCUT2D eigenvalue weighted by molar-refractivity contribution is -0.121. The molecule has 240 valence electrons. The average molecular weight is 702 g/mol. The van der Waals surface area contributed by atoms with Crippen molar-refractivity contribution in [3.8, 4) is 0 Å². The molecule has 2 heterocycles. The van der Waals surface area contributed by atoms with Crippen molar-refractivity contribution in [2.75, 3.05) is 10.3 Å². The van der Waals surface area contributed by atoms with Crippen LogP contribution in [-0.4, -0.2) is 34.9 Å². The molecule has 0 aromatic heterocycles. The number of benzene rings is 3. The van der Waals surface area contributed by atoms with E-state index in [1.807, 2.05) is 26.0 Å². The highest BCUT2D eigenvalue weighted by Crippen LogP contribution is 2.59. The molecule has 3 fully saturated rings. The third kappa shape index (κ3) is 6.11. The monoisotopic (exact) mass is 700 g/mol. The van der Waals surface area contributed by atoms with Crippen LogP contribution in [0.5, 0.6) is 0 Å². The fourth-order valence-corrected chi connectivity index (χ4v) is 7.57. The van der Waals surface area contributed by atoms with Crippen LogP contribution in [0.2, 0.25) is 20.1 Å². The summed E-state index contributed by atoms with van der Waals surface area (Å²) in [6, 6.07) is 14.1. The zero-order chi connectivity index (χ0) is 32.8. The van der Waals surface area contributed by atoms with Gasteiger partial charge in [0.1, 0.15) is 11.3 Å². The molecule has 6 rings (SSSR count). The Balaban J connectivity index is 1.32. The SMILES string of the molecule is CCC1(C(=O)Nc2ccc(Cl)c(N=C3NN(c4c(Cl)cc(Cl)cc4Cl)C(=O)C3N=Nc3ccc(C)cc3)c2)OC12CCCC(C)C2. The molecule has 3 aromatic rings. The zero-order valence-electron chi connectivity index (χ0n) is 25.4. The van der Waals surface area contributed by atoms with E-state index in [9.17, 15) is 9.59 Å². The van der Waals surface area contributed by atoms with Crippen molar-refractivity contribution in [2.45, 2.75) is 70.1 Å². The number of amides is 2. The third-order valence-corrected chi connectivity index (χ3v) is 9.91. The van der Waals surface area contributed by atoms with Gasteiger partial charge < -0.3 is 10.1 Å². The highest BCUT2D eigenvalue weighted by molar-refractivity contribution is 6.43. The van der Waals surface area contributed by atoms with Crippen LogP contribution in [0.4, 0.5) is 22.7 Å². The molecule has 1 spiro atoms. The molecule has 46 heavy (non-hydrogen) atoms. The van der Waals surface area contributed by atoms with Gasteiger partial charge in [-0.2, -0.15) is 10.2 Å². The number of nitrogens with one attached hydrogen (secondary N) is 2. The molecular weight excluding hydrogens is 670 g/mol. The molecule has 13 heteroatoms. The summed E-state index contributed by atoms with van der Waals surface area (Å²) in [4.78, 5) is 32.1. The van der Waals surface area contributed by atoms with Gasteiger partial charge in [0.25, 0.3) is 11.8 Å². The highest BCUT2D eigenvalue weighted by Gasteiger charge is 2.73. The lowest BCUT2D eigenvalue weighted by atomic mass is 9.74. The number of halogens is 4. The summed E-state index contributed by atoms with van der Waals surface area (Å²) in [5.74, 6) is -0.0897. The topological polar surface area (TPSA) is 111 Å². The fraction of sp³-hybridized carbons (Fsp3) is 0.364. The van der Waals surface area contributed by atoms with Crippen molar-refractivity contribution in [2.24, 2.45) is 21.1 Å². The molecule has 4 unspecified atom stereocenters. The Labute approximate surface area is 287 Å². The van der Waals surface area contributed by atoms with Crippen LogP contribution >= 0.6 is 46.4 Å². The number of hydrogen-bond donors (Lipinski definition) is 2. The van der Waals surface area contributed by atoms with Crippen molar-refractivity contribution in [1.29, 1.82) is 0 Å². The summed E-state index contributed by atoms with van der Waals surface area (Å²) in [7, 11) is 0. The van der Waals surface area contributed by atoms with Crippen molar-refractivity contribution in [1.82, 2.24) is 5.43 Å². The van der Waals surface area contributed by atoms with Crippen molar-refractivity contribution < 1.29 is 14.3 Å². The average Bonchev–Trinajstić information content (AvgIpc) is 3.53. The molecule has 3 aromatic carbocycles. The van der Waals surface area contributed by atoms with Gasteiger partial charge in [-0.05, 0) is 74.6 Å². The molecule has 0 bridgehead atoms. The Kier molecular flexibility index (Phi) is 9.08.